The molecule has 0 fully saturated rings. The van der Waals surface area contributed by atoms with Crippen molar-refractivity contribution in [3.05, 3.63) is 41.8 Å². The number of nitrogens with zero attached hydrogens (tertiary/aromatic N) is 1. The van der Waals surface area contributed by atoms with Gasteiger partial charge in [-0.3, -0.25) is 9.36 Å². The Labute approximate surface area is 125 Å². The summed E-state index contributed by atoms with van der Waals surface area (Å²) in [7, 11) is 1.05. The van der Waals surface area contributed by atoms with Gasteiger partial charge in [0.2, 0.25) is 5.91 Å². The summed E-state index contributed by atoms with van der Waals surface area (Å²) in [6.45, 7) is 1.38. The maximum atomic E-state index is 11.6. The normalized spacial score (nSPS) is 11.3. The largest absolute Gasteiger partial charge is 0.542 e. The number of rotatable bonds is 3. The molecular weight excluding hydrogens is 290 g/mol. The van der Waals surface area contributed by atoms with E-state index < -0.39 is 17.9 Å². The molecule has 114 valence electrons. The molecule has 0 atom stereocenters. The smallest absolute Gasteiger partial charge is 0.513 e. The van der Waals surface area contributed by atoms with E-state index in [4.69, 9.17) is 0 Å². The molecule has 0 bridgehead atoms. The van der Waals surface area contributed by atoms with Crippen molar-refractivity contribution in [2.24, 2.45) is 0 Å². The molecule has 0 amide bonds. The number of hydrogen-bond donors (Lipinski definition) is 0. The van der Waals surface area contributed by atoms with Gasteiger partial charge >= 0.3 is 6.16 Å². The Balaban J connectivity index is 2.57. The topological polar surface area (TPSA) is 97.7 Å². The Hall–Kier alpha value is -3.09. The lowest BCUT2D eigenvalue weighted by atomic mass is 10.1. The molecule has 22 heavy (non-hydrogen) atoms. The minimum Gasteiger partial charge on any atom is -0.542 e. The van der Waals surface area contributed by atoms with E-state index in [-0.39, 0.29) is 5.91 Å². The highest BCUT2D eigenvalue weighted by atomic mass is 16.7. The van der Waals surface area contributed by atoms with Gasteiger partial charge in [0.25, 0.3) is 0 Å². The first-order valence-corrected chi connectivity index (χ1v) is 6.24. The molecule has 0 aliphatic rings. The molecule has 7 heteroatoms. The molecule has 1 heterocycles. The summed E-state index contributed by atoms with van der Waals surface area (Å²) in [5.74, 6) is -2.62. The number of hydrogen-bond acceptors (Lipinski definition) is 6. The Bertz CT molecular complexity index is 786. The monoisotopic (exact) mass is 302 g/mol. The summed E-state index contributed by atoms with van der Waals surface area (Å²) >= 11 is 0. The lowest BCUT2D eigenvalue weighted by Gasteiger charge is -2.07. The van der Waals surface area contributed by atoms with Crippen LogP contribution in [0, 0.1) is 0 Å². The van der Waals surface area contributed by atoms with Crippen molar-refractivity contribution in [2.75, 3.05) is 7.11 Å². The molecule has 0 aliphatic carbocycles. The Morgan fingerprint density at radius 2 is 1.91 bits per heavy atom. The highest BCUT2D eigenvalue weighted by Crippen LogP contribution is 2.23. The number of aliphatic carboxylic acids is 1. The van der Waals surface area contributed by atoms with E-state index in [0.29, 0.717) is 16.5 Å². The van der Waals surface area contributed by atoms with Crippen molar-refractivity contribution in [1.29, 1.82) is 0 Å². The minimum absolute atomic E-state index is 0.236. The number of fused-ring (bicyclic) bond motifs is 1. The van der Waals surface area contributed by atoms with Crippen molar-refractivity contribution in [3.8, 4) is 0 Å². The first-order chi connectivity index (χ1) is 10.4. The summed E-state index contributed by atoms with van der Waals surface area (Å²) in [4.78, 5) is 33.7. The van der Waals surface area contributed by atoms with Gasteiger partial charge in [0.1, 0.15) is 5.97 Å². The lowest BCUT2D eigenvalue weighted by molar-refractivity contribution is -0.302. The number of carbonyl (C=O) groups excluding carboxylic acids is 3. The van der Waals surface area contributed by atoms with Crippen molar-refractivity contribution < 1.29 is 29.0 Å². The van der Waals surface area contributed by atoms with Gasteiger partial charge in [-0.15, -0.1) is 0 Å². The number of para-hydroxylation sites is 1. The molecule has 0 radical (unpaired) electrons. The molecule has 0 spiro atoms. The van der Waals surface area contributed by atoms with Crippen LogP contribution < -0.4 is 5.11 Å². The van der Waals surface area contributed by atoms with Gasteiger partial charge in [0.05, 0.1) is 12.6 Å². The molecule has 0 saturated heterocycles. The third-order valence-electron chi connectivity index (χ3n) is 2.93. The Morgan fingerprint density at radius 1 is 1.23 bits per heavy atom. The fourth-order valence-electron chi connectivity index (χ4n) is 1.98. The quantitative estimate of drug-likeness (QED) is 0.479. The van der Waals surface area contributed by atoms with Crippen LogP contribution in [0.5, 0.6) is 0 Å². The highest BCUT2D eigenvalue weighted by Gasteiger charge is 2.13. The van der Waals surface area contributed by atoms with Gasteiger partial charge in [-0.1, -0.05) is 18.2 Å². The molecule has 0 aliphatic heterocycles. The summed E-state index contributed by atoms with van der Waals surface area (Å²) in [5, 5.41) is 11.7. The van der Waals surface area contributed by atoms with Crippen LogP contribution in [0.15, 0.2) is 36.2 Å². The Morgan fingerprint density at radius 3 is 2.50 bits per heavy atom. The van der Waals surface area contributed by atoms with E-state index in [0.717, 1.165) is 13.2 Å². The maximum Gasteiger partial charge on any atom is 0.513 e. The van der Waals surface area contributed by atoms with E-state index in [1.54, 1.807) is 24.3 Å². The van der Waals surface area contributed by atoms with Crippen molar-refractivity contribution in [1.82, 2.24) is 4.57 Å². The van der Waals surface area contributed by atoms with Gasteiger partial charge in [-0.2, -0.15) is 0 Å². The maximum absolute atomic E-state index is 11.6. The van der Waals surface area contributed by atoms with Gasteiger partial charge in [-0.25, -0.2) is 4.79 Å². The third-order valence-corrected chi connectivity index (χ3v) is 2.93. The van der Waals surface area contributed by atoms with Crippen LogP contribution in [-0.4, -0.2) is 29.7 Å². The standard InChI is InChI=1S/C15H13NO6/c1-9(17)16-8-10(11-5-3-4-6-12(11)16)7-13(14(18)19)22-15(20)21-2/h3-8H,1-2H3,(H,18,19)/p-1/b13-7+. The zero-order chi connectivity index (χ0) is 16.3. The number of carbonyl (C=O) groups is 3. The lowest BCUT2D eigenvalue weighted by Crippen LogP contribution is -2.27. The van der Waals surface area contributed by atoms with Crippen LogP contribution in [-0.2, 0) is 14.3 Å². The zero-order valence-electron chi connectivity index (χ0n) is 11.9. The number of carboxylic acid groups (broad SMARTS) is 1. The van der Waals surface area contributed by atoms with Gasteiger partial charge in [0, 0.05) is 24.1 Å². The average molecular weight is 302 g/mol. The van der Waals surface area contributed by atoms with Crippen molar-refractivity contribution in [2.45, 2.75) is 6.92 Å². The summed E-state index contributed by atoms with van der Waals surface area (Å²) in [6, 6.07) is 6.92. The molecular formula is C15H12NO6-. The van der Waals surface area contributed by atoms with E-state index in [1.165, 1.54) is 17.7 Å². The predicted octanol–water partition coefficient (Wildman–Crippen LogP) is 1.18. The fraction of sp³-hybridized carbons (Fsp3) is 0.133. The van der Waals surface area contributed by atoms with Crippen LogP contribution in [0.4, 0.5) is 4.79 Å². The SMILES string of the molecule is COC(=O)O/C(=C/c1cn(C(C)=O)c2ccccc12)C(=O)[O-]. The van der Waals surface area contributed by atoms with E-state index in [1.807, 2.05) is 0 Å². The van der Waals surface area contributed by atoms with Crippen LogP contribution in [0.2, 0.25) is 0 Å². The van der Waals surface area contributed by atoms with Gasteiger partial charge in [-0.05, 0) is 12.1 Å². The number of benzene rings is 1. The number of carboxylic acids is 1. The summed E-state index contributed by atoms with van der Waals surface area (Å²) in [5.41, 5.74) is 1.01. The van der Waals surface area contributed by atoms with Crippen LogP contribution in [0.1, 0.15) is 17.3 Å². The number of ether oxygens (including phenoxy) is 2. The highest BCUT2D eigenvalue weighted by molar-refractivity contribution is 5.99. The second-order valence-corrected chi connectivity index (χ2v) is 4.34. The average Bonchev–Trinajstić information content (AvgIpc) is 2.85. The van der Waals surface area contributed by atoms with E-state index in [9.17, 15) is 19.5 Å². The second-order valence-electron chi connectivity index (χ2n) is 4.34. The summed E-state index contributed by atoms with van der Waals surface area (Å²) < 4.78 is 10.1. The number of methoxy groups -OCH3 is 1. The Kier molecular flexibility index (Phi) is 4.26. The summed E-state index contributed by atoms with van der Waals surface area (Å²) in [6.07, 6.45) is 1.38. The predicted molar refractivity (Wildman–Crippen MR) is 74.7 cm³/mol. The molecule has 0 unspecified atom stereocenters. The molecule has 1 aromatic heterocycles. The molecule has 0 saturated carbocycles. The van der Waals surface area contributed by atoms with Crippen molar-refractivity contribution in [3.63, 3.8) is 0 Å². The molecule has 0 N–H and O–H groups in total. The third kappa shape index (κ3) is 2.98. The first kappa shape index (κ1) is 15.3. The van der Waals surface area contributed by atoms with Crippen LogP contribution >= 0.6 is 0 Å². The fourth-order valence-corrected chi connectivity index (χ4v) is 1.98. The van der Waals surface area contributed by atoms with Gasteiger partial charge in [0.15, 0.2) is 5.76 Å². The van der Waals surface area contributed by atoms with E-state index in [2.05, 4.69) is 9.47 Å². The second kappa shape index (κ2) is 6.13. The molecule has 2 aromatic rings. The molecule has 7 nitrogen and oxygen atoms in total. The zero-order valence-corrected chi connectivity index (χ0v) is 11.9. The number of aromatic nitrogens is 1. The van der Waals surface area contributed by atoms with Gasteiger partial charge < -0.3 is 19.4 Å². The molecule has 2 rings (SSSR count). The van der Waals surface area contributed by atoms with Crippen LogP contribution in [0.3, 0.4) is 0 Å². The minimum atomic E-state index is -1.68. The first-order valence-electron chi connectivity index (χ1n) is 6.24. The van der Waals surface area contributed by atoms with Crippen LogP contribution in [0.25, 0.3) is 17.0 Å². The van der Waals surface area contributed by atoms with Crippen molar-refractivity contribution >= 4 is 35.0 Å². The van der Waals surface area contributed by atoms with E-state index >= 15 is 0 Å². The molecule has 1 aromatic carbocycles.